The minimum Gasteiger partial charge on any atom is -0.376 e. The molecule has 0 aliphatic carbocycles. The fourth-order valence-electron chi connectivity index (χ4n) is 4.27. The zero-order valence-electron chi connectivity index (χ0n) is 17.4. The van der Waals surface area contributed by atoms with Crippen LogP contribution in [0.1, 0.15) is 24.2 Å². The maximum absolute atomic E-state index is 13.4. The quantitative estimate of drug-likeness (QED) is 0.521. The highest BCUT2D eigenvalue weighted by Gasteiger charge is 2.31. The number of benzene rings is 2. The van der Waals surface area contributed by atoms with E-state index in [1.165, 1.54) is 10.6 Å². The first-order valence-electron chi connectivity index (χ1n) is 10.4. The molecule has 3 heterocycles. The second kappa shape index (κ2) is 7.54. The molecular formula is C22H21F3N6O. The summed E-state index contributed by atoms with van der Waals surface area (Å²) in [6.07, 6.45) is -2.42. The highest BCUT2D eigenvalue weighted by Crippen LogP contribution is 2.36. The van der Waals surface area contributed by atoms with Gasteiger partial charge in [-0.2, -0.15) is 13.2 Å². The third-order valence-corrected chi connectivity index (χ3v) is 5.90. The Hall–Kier alpha value is -3.56. The summed E-state index contributed by atoms with van der Waals surface area (Å²) in [5.41, 5.74) is 0.890. The lowest BCUT2D eigenvalue weighted by atomic mass is 10.1. The number of anilines is 2. The number of fused-ring (bicyclic) bond motifs is 3. The van der Waals surface area contributed by atoms with Crippen LogP contribution in [0.25, 0.3) is 16.7 Å². The molecule has 0 atom stereocenters. The minimum absolute atomic E-state index is 0.144. The van der Waals surface area contributed by atoms with Gasteiger partial charge in [-0.3, -0.25) is 13.8 Å². The SMILES string of the molecule is Cn1c(=O)c2ccccc2n2c(CNc3cc(C(F)(F)F)ccc3N3CCCC3)nnc12. The number of nitrogens with zero attached hydrogens (tertiary/aromatic N) is 5. The lowest BCUT2D eigenvalue weighted by molar-refractivity contribution is -0.137. The summed E-state index contributed by atoms with van der Waals surface area (Å²) in [5, 5.41) is 12.0. The van der Waals surface area contributed by atoms with E-state index < -0.39 is 11.7 Å². The Labute approximate surface area is 181 Å². The Morgan fingerprint density at radius 2 is 1.81 bits per heavy atom. The molecule has 7 nitrogen and oxygen atoms in total. The van der Waals surface area contributed by atoms with Gasteiger partial charge in [0, 0.05) is 20.1 Å². The summed E-state index contributed by atoms with van der Waals surface area (Å²) in [6, 6.07) is 10.9. The minimum atomic E-state index is -4.43. The van der Waals surface area contributed by atoms with Crippen LogP contribution in [0.4, 0.5) is 24.5 Å². The Morgan fingerprint density at radius 1 is 1.06 bits per heavy atom. The van der Waals surface area contributed by atoms with E-state index in [0.717, 1.165) is 43.8 Å². The molecule has 2 aromatic carbocycles. The number of nitrogens with one attached hydrogen (secondary N) is 1. The van der Waals surface area contributed by atoms with E-state index in [1.807, 2.05) is 6.07 Å². The van der Waals surface area contributed by atoms with Crippen molar-refractivity contribution in [1.82, 2.24) is 19.2 Å². The lowest BCUT2D eigenvalue weighted by Gasteiger charge is -2.23. The van der Waals surface area contributed by atoms with Crippen molar-refractivity contribution in [3.8, 4) is 0 Å². The average Bonchev–Trinajstić information content (AvgIpc) is 3.45. The number of rotatable bonds is 4. The first kappa shape index (κ1) is 20.3. The van der Waals surface area contributed by atoms with Crippen LogP contribution in [0.3, 0.4) is 0 Å². The first-order valence-corrected chi connectivity index (χ1v) is 10.4. The lowest BCUT2D eigenvalue weighted by Crippen LogP contribution is -2.21. The van der Waals surface area contributed by atoms with Crippen molar-refractivity contribution in [2.75, 3.05) is 23.3 Å². The first-order chi connectivity index (χ1) is 15.3. The molecule has 1 fully saturated rings. The van der Waals surface area contributed by atoms with Crippen LogP contribution in [0, 0.1) is 0 Å². The number of alkyl halides is 3. The highest BCUT2D eigenvalue weighted by atomic mass is 19.4. The van der Waals surface area contributed by atoms with Crippen LogP contribution < -0.4 is 15.8 Å². The van der Waals surface area contributed by atoms with Crippen LogP contribution >= 0.6 is 0 Å². The predicted octanol–water partition coefficient (Wildman–Crippen LogP) is 3.81. The topological polar surface area (TPSA) is 67.5 Å². The zero-order chi connectivity index (χ0) is 22.5. The maximum atomic E-state index is 13.4. The van der Waals surface area contributed by atoms with E-state index >= 15 is 0 Å². The average molecular weight is 442 g/mol. The number of aromatic nitrogens is 4. The molecule has 0 amide bonds. The van der Waals surface area contributed by atoms with Crippen LogP contribution in [0.5, 0.6) is 0 Å². The van der Waals surface area contributed by atoms with Gasteiger partial charge in [0.05, 0.1) is 34.4 Å². The predicted molar refractivity (Wildman–Crippen MR) is 116 cm³/mol. The van der Waals surface area contributed by atoms with Crippen molar-refractivity contribution in [3.05, 3.63) is 64.2 Å². The molecule has 5 rings (SSSR count). The summed E-state index contributed by atoms with van der Waals surface area (Å²) in [5.74, 6) is 0.867. The summed E-state index contributed by atoms with van der Waals surface area (Å²) in [7, 11) is 1.62. The number of halogens is 3. The molecule has 2 aromatic heterocycles. The van der Waals surface area contributed by atoms with Crippen LogP contribution in [-0.2, 0) is 19.8 Å². The maximum Gasteiger partial charge on any atom is 0.416 e. The van der Waals surface area contributed by atoms with Gasteiger partial charge >= 0.3 is 6.18 Å². The van der Waals surface area contributed by atoms with Gasteiger partial charge in [0.1, 0.15) is 0 Å². The Bertz CT molecular complexity index is 1370. The van der Waals surface area contributed by atoms with Crippen molar-refractivity contribution in [2.24, 2.45) is 7.05 Å². The second-order valence-corrected chi connectivity index (χ2v) is 7.91. The van der Waals surface area contributed by atoms with Crippen molar-refractivity contribution >= 4 is 28.1 Å². The van der Waals surface area contributed by atoms with Gasteiger partial charge in [0.25, 0.3) is 5.56 Å². The summed E-state index contributed by atoms with van der Waals surface area (Å²) < 4.78 is 43.2. The number of hydrogen-bond acceptors (Lipinski definition) is 5. The summed E-state index contributed by atoms with van der Waals surface area (Å²) in [6.45, 7) is 1.76. The molecule has 10 heteroatoms. The van der Waals surface area contributed by atoms with E-state index in [9.17, 15) is 18.0 Å². The standard InChI is InChI=1S/C22H21F3N6O/c1-29-20(32)15-6-2-3-7-17(15)31-19(27-28-21(29)31)13-26-16-12-14(22(23,24)25)8-9-18(16)30-10-4-5-11-30/h2-3,6-9,12,26H,4-5,10-11,13H2,1H3. The van der Waals surface area contributed by atoms with Crippen molar-refractivity contribution < 1.29 is 13.2 Å². The fourth-order valence-corrected chi connectivity index (χ4v) is 4.27. The molecule has 1 saturated heterocycles. The second-order valence-electron chi connectivity index (χ2n) is 7.91. The summed E-state index contributed by atoms with van der Waals surface area (Å²) >= 11 is 0. The monoisotopic (exact) mass is 442 g/mol. The molecule has 0 bridgehead atoms. The van der Waals surface area contributed by atoms with Crippen molar-refractivity contribution in [3.63, 3.8) is 0 Å². The largest absolute Gasteiger partial charge is 0.416 e. The van der Waals surface area contributed by atoms with Gasteiger partial charge < -0.3 is 10.2 Å². The Morgan fingerprint density at radius 3 is 2.56 bits per heavy atom. The molecule has 32 heavy (non-hydrogen) atoms. The van der Waals surface area contributed by atoms with Gasteiger partial charge in [0.15, 0.2) is 5.82 Å². The van der Waals surface area contributed by atoms with Crippen LogP contribution in [0.15, 0.2) is 47.3 Å². The molecule has 4 aromatic rings. The molecule has 0 unspecified atom stereocenters. The van der Waals surface area contributed by atoms with Gasteiger partial charge in [0.2, 0.25) is 5.78 Å². The van der Waals surface area contributed by atoms with E-state index in [-0.39, 0.29) is 12.1 Å². The highest BCUT2D eigenvalue weighted by molar-refractivity contribution is 5.80. The van der Waals surface area contributed by atoms with E-state index in [0.29, 0.717) is 28.2 Å². The molecule has 166 valence electrons. The zero-order valence-corrected chi connectivity index (χ0v) is 17.4. The van der Waals surface area contributed by atoms with Gasteiger partial charge in [-0.15, -0.1) is 10.2 Å². The fraction of sp³-hybridized carbons (Fsp3) is 0.318. The Kier molecular flexibility index (Phi) is 4.79. The molecule has 1 N–H and O–H groups in total. The van der Waals surface area contributed by atoms with Crippen molar-refractivity contribution in [1.29, 1.82) is 0 Å². The van der Waals surface area contributed by atoms with Crippen LogP contribution in [-0.4, -0.2) is 32.3 Å². The van der Waals surface area contributed by atoms with E-state index in [2.05, 4.69) is 20.4 Å². The van der Waals surface area contributed by atoms with E-state index in [1.54, 1.807) is 29.6 Å². The third-order valence-electron chi connectivity index (χ3n) is 5.90. The normalized spacial score (nSPS) is 14.6. The molecular weight excluding hydrogens is 421 g/mol. The number of aryl methyl sites for hydroxylation is 1. The van der Waals surface area contributed by atoms with Gasteiger partial charge in [-0.05, 0) is 43.2 Å². The number of para-hydroxylation sites is 1. The molecule has 0 spiro atoms. The molecule has 0 saturated carbocycles. The van der Waals surface area contributed by atoms with Gasteiger partial charge in [-0.1, -0.05) is 12.1 Å². The molecule has 0 radical (unpaired) electrons. The van der Waals surface area contributed by atoms with E-state index in [4.69, 9.17) is 0 Å². The third kappa shape index (κ3) is 3.35. The van der Waals surface area contributed by atoms with Gasteiger partial charge in [-0.25, -0.2) is 0 Å². The number of hydrogen-bond donors (Lipinski definition) is 1. The smallest absolute Gasteiger partial charge is 0.376 e. The molecule has 1 aliphatic rings. The summed E-state index contributed by atoms with van der Waals surface area (Å²) in [4.78, 5) is 14.7. The Balaban J connectivity index is 1.57. The van der Waals surface area contributed by atoms with Crippen molar-refractivity contribution in [2.45, 2.75) is 25.6 Å². The van der Waals surface area contributed by atoms with Crippen LogP contribution in [0.2, 0.25) is 0 Å². The molecule has 1 aliphatic heterocycles.